The minimum Gasteiger partial charge on any atom is -0.454 e. The number of fused-ring (bicyclic) bond motifs is 2. The van der Waals surface area contributed by atoms with Crippen molar-refractivity contribution in [3.05, 3.63) is 89.5 Å². The molecule has 0 saturated carbocycles. The maximum Gasteiger partial charge on any atom is 0.231 e. The van der Waals surface area contributed by atoms with Gasteiger partial charge in [0, 0.05) is 41.1 Å². The van der Waals surface area contributed by atoms with Crippen LogP contribution >= 0.6 is 12.2 Å². The smallest absolute Gasteiger partial charge is 0.231 e. The number of nitrogens with one attached hydrogen (secondary N) is 1. The summed E-state index contributed by atoms with van der Waals surface area (Å²) in [6.45, 7) is 4.72. The van der Waals surface area contributed by atoms with Crippen molar-refractivity contribution >= 4 is 23.0 Å². The van der Waals surface area contributed by atoms with Crippen molar-refractivity contribution in [2.75, 3.05) is 18.5 Å². The Morgan fingerprint density at radius 3 is 2.22 bits per heavy atom. The first-order valence-electron chi connectivity index (χ1n) is 12.1. The van der Waals surface area contributed by atoms with Crippen LogP contribution in [0.2, 0.25) is 0 Å². The van der Waals surface area contributed by atoms with Crippen LogP contribution in [0.25, 0.3) is 5.69 Å². The quantitative estimate of drug-likeness (QED) is 0.378. The van der Waals surface area contributed by atoms with Crippen LogP contribution in [0.5, 0.6) is 23.0 Å². The first-order valence-corrected chi connectivity index (χ1v) is 12.5. The van der Waals surface area contributed by atoms with E-state index in [-0.39, 0.29) is 25.7 Å². The zero-order chi connectivity index (χ0) is 25.1. The summed E-state index contributed by atoms with van der Waals surface area (Å²) in [5, 5.41) is 4.17. The van der Waals surface area contributed by atoms with Gasteiger partial charge in [-0.2, -0.15) is 0 Å². The molecule has 4 aromatic rings. The second-order valence-corrected chi connectivity index (χ2v) is 9.62. The molecule has 2 atom stereocenters. The number of thiocarbonyl (C=S) groups is 1. The molecule has 2 aromatic heterocycles. The summed E-state index contributed by atoms with van der Waals surface area (Å²) in [5.74, 6) is 2.97. The Labute approximate surface area is 219 Å². The van der Waals surface area contributed by atoms with Gasteiger partial charge in [0.05, 0.1) is 17.8 Å². The minimum atomic E-state index is -0.148. The molecule has 3 aliphatic rings. The largest absolute Gasteiger partial charge is 0.454 e. The van der Waals surface area contributed by atoms with Crippen molar-refractivity contribution in [1.29, 1.82) is 0 Å². The van der Waals surface area contributed by atoms with Crippen LogP contribution in [0.3, 0.4) is 0 Å². The summed E-state index contributed by atoms with van der Waals surface area (Å²) in [6, 6.07) is 19.9. The number of nitrogens with zero attached hydrogens (tertiary/aromatic N) is 3. The number of aromatic nitrogens is 2. The van der Waals surface area contributed by atoms with E-state index in [1.165, 1.54) is 0 Å². The molecule has 1 saturated heterocycles. The molecule has 3 aliphatic heterocycles. The number of anilines is 1. The number of pyridine rings is 1. The molecule has 0 unspecified atom stereocenters. The lowest BCUT2D eigenvalue weighted by atomic mass is 9.96. The summed E-state index contributed by atoms with van der Waals surface area (Å²) in [6.07, 6.45) is 1.82. The Bertz CT molecular complexity index is 1540. The number of rotatable bonds is 4. The first-order chi connectivity index (χ1) is 18.1. The van der Waals surface area contributed by atoms with Gasteiger partial charge in [0.2, 0.25) is 13.6 Å². The molecule has 0 spiro atoms. The highest BCUT2D eigenvalue weighted by Gasteiger charge is 2.42. The lowest BCUT2D eigenvalue weighted by molar-refractivity contribution is 0.173. The summed E-state index contributed by atoms with van der Waals surface area (Å²) < 4.78 is 24.6. The van der Waals surface area contributed by atoms with Crippen molar-refractivity contribution in [3.8, 4) is 28.7 Å². The Kier molecular flexibility index (Phi) is 5.00. The van der Waals surface area contributed by atoms with Crippen LogP contribution in [0.1, 0.15) is 34.7 Å². The summed E-state index contributed by atoms with van der Waals surface area (Å²) >= 11 is 5.91. The second kappa shape index (κ2) is 8.41. The van der Waals surface area contributed by atoms with Gasteiger partial charge in [-0.05, 0) is 74.1 Å². The predicted octanol–water partition coefficient (Wildman–Crippen LogP) is 5.12. The van der Waals surface area contributed by atoms with Crippen LogP contribution < -0.4 is 29.2 Å². The lowest BCUT2D eigenvalue weighted by Gasteiger charge is -2.28. The highest BCUT2D eigenvalue weighted by Crippen LogP contribution is 2.46. The van der Waals surface area contributed by atoms with Gasteiger partial charge in [-0.25, -0.2) is 0 Å². The summed E-state index contributed by atoms with van der Waals surface area (Å²) in [4.78, 5) is 6.84. The standard InChI is InChI=1S/C28H24N4O4S/c1-16-11-20(17(2)31(16)18-6-8-22-24(12-18)35-14-33-22)27-26(21-5-3-4-10-29-21)30-28(37)32(27)19-7-9-23-25(13-19)36-15-34-23/h3-13,26-27H,14-15H2,1-2H3,(H,30,37)/t26-,27+/m0/s1. The van der Waals surface area contributed by atoms with Gasteiger partial charge in [-0.1, -0.05) is 6.07 Å². The molecule has 2 aromatic carbocycles. The van der Waals surface area contributed by atoms with Crippen LogP contribution in [-0.4, -0.2) is 28.2 Å². The number of benzene rings is 2. The second-order valence-electron chi connectivity index (χ2n) is 9.23. The number of hydrogen-bond donors (Lipinski definition) is 1. The number of ether oxygens (including phenoxy) is 4. The zero-order valence-electron chi connectivity index (χ0n) is 20.3. The van der Waals surface area contributed by atoms with E-state index in [1.54, 1.807) is 0 Å². The summed E-state index contributed by atoms with van der Waals surface area (Å²) in [7, 11) is 0. The fourth-order valence-electron chi connectivity index (χ4n) is 5.49. The number of hydrogen-bond acceptors (Lipinski definition) is 6. The highest BCUT2D eigenvalue weighted by atomic mass is 32.1. The predicted molar refractivity (Wildman–Crippen MR) is 142 cm³/mol. The third-order valence-corrected chi connectivity index (χ3v) is 7.45. The van der Waals surface area contributed by atoms with Crippen LogP contribution in [0, 0.1) is 13.8 Å². The van der Waals surface area contributed by atoms with E-state index in [0.717, 1.165) is 51.3 Å². The molecule has 0 radical (unpaired) electrons. The fourth-order valence-corrected chi connectivity index (χ4v) is 5.84. The SMILES string of the molecule is Cc1cc([C@@H]2[C@H](c3ccccn3)NC(=S)N2c2ccc3c(c2)OCO3)c(C)n1-c1ccc2c(c1)OCO2. The zero-order valence-corrected chi connectivity index (χ0v) is 21.1. The van der Waals surface area contributed by atoms with E-state index < -0.39 is 0 Å². The third kappa shape index (κ3) is 3.49. The van der Waals surface area contributed by atoms with Gasteiger partial charge in [-0.3, -0.25) is 4.98 Å². The third-order valence-electron chi connectivity index (χ3n) is 7.14. The van der Waals surface area contributed by atoms with Gasteiger partial charge in [0.25, 0.3) is 0 Å². The molecule has 186 valence electrons. The fraction of sp³-hybridized carbons (Fsp3) is 0.214. The van der Waals surface area contributed by atoms with Gasteiger partial charge in [-0.15, -0.1) is 0 Å². The van der Waals surface area contributed by atoms with Crippen LogP contribution in [0.4, 0.5) is 5.69 Å². The molecule has 0 aliphatic carbocycles. The van der Waals surface area contributed by atoms with Crippen molar-refractivity contribution in [2.45, 2.75) is 25.9 Å². The monoisotopic (exact) mass is 512 g/mol. The van der Waals surface area contributed by atoms with E-state index >= 15 is 0 Å². The molecule has 37 heavy (non-hydrogen) atoms. The van der Waals surface area contributed by atoms with Crippen LogP contribution in [-0.2, 0) is 0 Å². The molecule has 0 bridgehead atoms. The normalized spacial score (nSPS) is 19.4. The van der Waals surface area contributed by atoms with E-state index in [2.05, 4.69) is 45.7 Å². The minimum absolute atomic E-state index is 0.142. The van der Waals surface area contributed by atoms with E-state index in [4.69, 9.17) is 31.2 Å². The molecule has 7 rings (SSSR count). The molecule has 1 N–H and O–H groups in total. The van der Waals surface area contributed by atoms with Crippen LogP contribution in [0.15, 0.2) is 66.9 Å². The molecule has 9 heteroatoms. The van der Waals surface area contributed by atoms with Gasteiger partial charge in [0.1, 0.15) is 0 Å². The molecule has 8 nitrogen and oxygen atoms in total. The van der Waals surface area contributed by atoms with Crippen molar-refractivity contribution in [3.63, 3.8) is 0 Å². The average Bonchev–Trinajstić information content (AvgIpc) is 3.69. The summed E-state index contributed by atoms with van der Waals surface area (Å²) in [5.41, 5.74) is 6.23. The highest BCUT2D eigenvalue weighted by molar-refractivity contribution is 7.80. The average molecular weight is 513 g/mol. The first kappa shape index (κ1) is 22.0. The van der Waals surface area contributed by atoms with Crippen molar-refractivity contribution < 1.29 is 18.9 Å². The van der Waals surface area contributed by atoms with E-state index in [0.29, 0.717) is 10.9 Å². The van der Waals surface area contributed by atoms with E-state index in [1.807, 2.05) is 54.7 Å². The van der Waals surface area contributed by atoms with Crippen molar-refractivity contribution in [2.24, 2.45) is 0 Å². The Hall–Kier alpha value is -4.24. The Balaban J connectivity index is 1.37. The molecular weight excluding hydrogens is 488 g/mol. The molecule has 5 heterocycles. The topological polar surface area (TPSA) is 70.0 Å². The lowest BCUT2D eigenvalue weighted by Crippen LogP contribution is -2.29. The van der Waals surface area contributed by atoms with Crippen molar-refractivity contribution in [1.82, 2.24) is 14.9 Å². The van der Waals surface area contributed by atoms with Gasteiger partial charge < -0.3 is 33.7 Å². The van der Waals surface area contributed by atoms with E-state index in [9.17, 15) is 0 Å². The number of aryl methyl sites for hydroxylation is 1. The Morgan fingerprint density at radius 1 is 0.838 bits per heavy atom. The maximum absolute atomic E-state index is 5.91. The van der Waals surface area contributed by atoms with Gasteiger partial charge >= 0.3 is 0 Å². The molecular formula is C28H24N4O4S. The maximum atomic E-state index is 5.91. The Morgan fingerprint density at radius 2 is 1.51 bits per heavy atom. The molecule has 0 amide bonds. The van der Waals surface area contributed by atoms with Gasteiger partial charge in [0.15, 0.2) is 28.1 Å². The molecule has 1 fully saturated rings.